The third-order valence-corrected chi connectivity index (χ3v) is 7.53. The first-order chi connectivity index (χ1) is 12.2. The second kappa shape index (κ2) is 8.41. The monoisotopic (exact) mass is 370 g/mol. The first kappa shape index (κ1) is 18.5. The van der Waals surface area contributed by atoms with Crippen molar-refractivity contribution in [3.63, 3.8) is 0 Å². The lowest BCUT2D eigenvalue weighted by Crippen LogP contribution is -2.61. The fraction of sp³-hybridized carbons (Fsp3) is 1.00. The first-order valence-corrected chi connectivity index (χ1v) is 10.9. The molecule has 3 N–H and O–H groups in total. The number of aliphatic hydroxyl groups excluding tert-OH is 1. The number of hydrogen-bond donors (Lipinski definition) is 3. The zero-order chi connectivity index (χ0) is 17.2. The second-order valence-corrected chi connectivity index (χ2v) is 9.15. The van der Waals surface area contributed by atoms with Crippen LogP contribution in [0.1, 0.15) is 38.5 Å². The van der Waals surface area contributed by atoms with Crippen molar-refractivity contribution in [3.8, 4) is 0 Å². The summed E-state index contributed by atoms with van der Waals surface area (Å²) >= 11 is 6.71. The molecule has 0 bridgehead atoms. The van der Waals surface area contributed by atoms with Crippen LogP contribution in [0.5, 0.6) is 0 Å². The maximum Gasteiger partial charge on any atom is 0.0737 e. The van der Waals surface area contributed by atoms with Gasteiger partial charge in [-0.15, -0.1) is 11.6 Å². The second-order valence-electron chi connectivity index (χ2n) is 8.59. The Morgan fingerprint density at radius 3 is 2.52 bits per heavy atom. The highest BCUT2D eigenvalue weighted by Gasteiger charge is 2.44. The molecule has 144 valence electrons. The molecule has 25 heavy (non-hydrogen) atoms. The Bertz CT molecular complexity index is 426. The maximum absolute atomic E-state index is 10.9. The van der Waals surface area contributed by atoms with Gasteiger partial charge in [-0.25, -0.2) is 0 Å². The van der Waals surface area contributed by atoms with Gasteiger partial charge in [0, 0.05) is 50.1 Å². The summed E-state index contributed by atoms with van der Waals surface area (Å²) in [6.07, 6.45) is 7.67. The van der Waals surface area contributed by atoms with Gasteiger partial charge in [-0.1, -0.05) is 0 Å². The van der Waals surface area contributed by atoms with Crippen molar-refractivity contribution in [1.82, 2.24) is 20.4 Å². The van der Waals surface area contributed by atoms with Gasteiger partial charge in [0.1, 0.15) is 0 Å². The summed E-state index contributed by atoms with van der Waals surface area (Å²) in [5.41, 5.74) is 0. The molecule has 6 heteroatoms. The smallest absolute Gasteiger partial charge is 0.0737 e. The molecule has 1 saturated carbocycles. The minimum Gasteiger partial charge on any atom is -0.391 e. The zero-order valence-electron chi connectivity index (χ0n) is 15.4. The Morgan fingerprint density at radius 2 is 1.76 bits per heavy atom. The molecule has 3 heterocycles. The average molecular weight is 371 g/mol. The van der Waals surface area contributed by atoms with E-state index in [4.69, 9.17) is 11.6 Å². The van der Waals surface area contributed by atoms with Crippen LogP contribution in [0.25, 0.3) is 0 Å². The number of hydrogen-bond acceptors (Lipinski definition) is 5. The molecule has 4 fully saturated rings. The van der Waals surface area contributed by atoms with E-state index in [9.17, 15) is 5.11 Å². The lowest BCUT2D eigenvalue weighted by atomic mass is 9.72. The molecule has 1 aliphatic carbocycles. The van der Waals surface area contributed by atoms with Crippen LogP contribution in [0.15, 0.2) is 0 Å². The number of piperidine rings is 2. The lowest BCUT2D eigenvalue weighted by Gasteiger charge is -2.48. The van der Waals surface area contributed by atoms with Crippen LogP contribution in [0, 0.1) is 11.8 Å². The number of halogens is 1. The van der Waals surface area contributed by atoms with E-state index in [0.29, 0.717) is 18.0 Å². The van der Waals surface area contributed by atoms with Crippen LogP contribution in [-0.4, -0.2) is 84.4 Å². The van der Waals surface area contributed by atoms with Gasteiger partial charge in [-0.2, -0.15) is 0 Å². The van der Waals surface area contributed by atoms with Gasteiger partial charge in [0.25, 0.3) is 0 Å². The van der Waals surface area contributed by atoms with E-state index >= 15 is 0 Å². The fourth-order valence-electron chi connectivity index (χ4n) is 5.53. The van der Waals surface area contributed by atoms with Gasteiger partial charge >= 0.3 is 0 Å². The molecule has 0 spiro atoms. The molecular weight excluding hydrogens is 336 g/mol. The zero-order valence-corrected chi connectivity index (χ0v) is 16.1. The number of aliphatic hydroxyl groups is 1. The lowest BCUT2D eigenvalue weighted by molar-refractivity contribution is -0.0226. The topological polar surface area (TPSA) is 50.8 Å². The first-order valence-electron chi connectivity index (χ1n) is 10.5. The van der Waals surface area contributed by atoms with Gasteiger partial charge in [-0.3, -0.25) is 4.90 Å². The van der Waals surface area contributed by atoms with Gasteiger partial charge in [0.2, 0.25) is 0 Å². The van der Waals surface area contributed by atoms with E-state index in [0.717, 1.165) is 45.7 Å². The summed E-state index contributed by atoms with van der Waals surface area (Å²) in [6, 6.07) is 0.211. The summed E-state index contributed by atoms with van der Waals surface area (Å²) in [4.78, 5) is 5.18. The van der Waals surface area contributed by atoms with Gasteiger partial charge in [-0.05, 0) is 57.5 Å². The predicted molar refractivity (Wildman–Crippen MR) is 102 cm³/mol. The van der Waals surface area contributed by atoms with Crippen molar-refractivity contribution >= 4 is 11.6 Å². The van der Waals surface area contributed by atoms with Crippen molar-refractivity contribution in [2.24, 2.45) is 11.8 Å². The van der Waals surface area contributed by atoms with Gasteiger partial charge in [0.15, 0.2) is 0 Å². The molecule has 5 nitrogen and oxygen atoms in total. The summed E-state index contributed by atoms with van der Waals surface area (Å²) in [6.45, 7) is 7.74. The van der Waals surface area contributed by atoms with Gasteiger partial charge in [0.05, 0.1) is 12.3 Å². The third-order valence-electron chi connectivity index (χ3n) is 7.02. The molecule has 0 amide bonds. The van der Waals surface area contributed by atoms with Crippen LogP contribution in [0.2, 0.25) is 0 Å². The van der Waals surface area contributed by atoms with E-state index in [-0.39, 0.29) is 17.5 Å². The average Bonchev–Trinajstić information content (AvgIpc) is 2.67. The molecule has 0 aromatic rings. The van der Waals surface area contributed by atoms with Crippen molar-refractivity contribution < 1.29 is 5.11 Å². The van der Waals surface area contributed by atoms with Crippen molar-refractivity contribution in [2.75, 3.05) is 45.8 Å². The highest BCUT2D eigenvalue weighted by molar-refractivity contribution is 6.20. The van der Waals surface area contributed by atoms with E-state index < -0.39 is 0 Å². The Hall–Kier alpha value is 0.0900. The SMILES string of the molecule is OC1C(CN2CCN(C3CCCCN3)CC2)CC(Cl)C2CCCNC12. The molecule has 4 aliphatic rings. The molecular formula is C19H35ClN4O. The molecule has 3 aliphatic heterocycles. The minimum absolute atomic E-state index is 0.211. The number of piperazine rings is 1. The number of nitrogens with one attached hydrogen (secondary N) is 2. The Balaban J connectivity index is 1.28. The fourth-order valence-corrected chi connectivity index (χ4v) is 6.04. The largest absolute Gasteiger partial charge is 0.391 e. The van der Waals surface area contributed by atoms with Crippen LogP contribution >= 0.6 is 11.6 Å². The molecule has 0 radical (unpaired) electrons. The molecule has 3 saturated heterocycles. The summed E-state index contributed by atoms with van der Waals surface area (Å²) in [5, 5.41) is 18.3. The molecule has 4 rings (SSSR count). The minimum atomic E-state index is -0.238. The van der Waals surface area contributed by atoms with Crippen molar-refractivity contribution in [3.05, 3.63) is 0 Å². The van der Waals surface area contributed by atoms with Crippen LogP contribution in [-0.2, 0) is 0 Å². The quantitative estimate of drug-likeness (QED) is 0.649. The third kappa shape index (κ3) is 4.17. The van der Waals surface area contributed by atoms with Crippen LogP contribution in [0.4, 0.5) is 0 Å². The predicted octanol–water partition coefficient (Wildman–Crippen LogP) is 1.06. The van der Waals surface area contributed by atoms with Gasteiger partial charge < -0.3 is 20.6 Å². The highest BCUT2D eigenvalue weighted by Crippen LogP contribution is 2.38. The van der Waals surface area contributed by atoms with Crippen LogP contribution in [0.3, 0.4) is 0 Å². The molecule has 6 atom stereocenters. The number of alkyl halides is 1. The Kier molecular flexibility index (Phi) is 6.20. The standard InChI is InChI=1S/C19H35ClN4O/c20-16-12-14(19(25)18-15(16)4-3-7-22-18)13-23-8-10-24(11-9-23)17-5-1-2-6-21-17/h14-19,21-22,25H,1-13H2. The summed E-state index contributed by atoms with van der Waals surface area (Å²) in [5.74, 6) is 0.768. The normalized spacial score (nSPS) is 44.4. The highest BCUT2D eigenvalue weighted by atomic mass is 35.5. The summed E-state index contributed by atoms with van der Waals surface area (Å²) < 4.78 is 0. The van der Waals surface area contributed by atoms with E-state index in [1.807, 2.05) is 0 Å². The number of fused-ring (bicyclic) bond motifs is 1. The van der Waals surface area contributed by atoms with E-state index in [2.05, 4.69) is 20.4 Å². The van der Waals surface area contributed by atoms with Crippen LogP contribution < -0.4 is 10.6 Å². The van der Waals surface area contributed by atoms with E-state index in [1.165, 1.54) is 38.6 Å². The number of rotatable bonds is 3. The summed E-state index contributed by atoms with van der Waals surface area (Å²) in [7, 11) is 0. The van der Waals surface area contributed by atoms with Crippen molar-refractivity contribution in [2.45, 2.75) is 62.2 Å². The molecule has 0 aromatic carbocycles. The maximum atomic E-state index is 10.9. The Labute approximate surface area is 157 Å². The van der Waals surface area contributed by atoms with E-state index in [1.54, 1.807) is 0 Å². The molecule has 0 aromatic heterocycles. The number of nitrogens with zero attached hydrogens (tertiary/aromatic N) is 2. The Morgan fingerprint density at radius 1 is 0.960 bits per heavy atom. The van der Waals surface area contributed by atoms with Crippen molar-refractivity contribution in [1.29, 1.82) is 0 Å². The molecule has 6 unspecified atom stereocenters.